The van der Waals surface area contributed by atoms with E-state index in [2.05, 4.69) is 15.6 Å². The van der Waals surface area contributed by atoms with Crippen molar-refractivity contribution in [3.63, 3.8) is 0 Å². The lowest BCUT2D eigenvalue weighted by molar-refractivity contribution is -0.140. The molecule has 1 saturated carbocycles. The van der Waals surface area contributed by atoms with Crippen LogP contribution in [0.1, 0.15) is 53.3 Å². The Morgan fingerprint density at radius 3 is 2.39 bits per heavy atom. The number of nitrogens with one attached hydrogen (secondary N) is 2. The highest BCUT2D eigenvalue weighted by atomic mass is 19.4. The third-order valence-corrected chi connectivity index (χ3v) is 5.71. The van der Waals surface area contributed by atoms with E-state index in [1.54, 1.807) is 44.2 Å². The molecule has 1 aliphatic rings. The molecule has 2 heterocycles. The second-order valence-corrected chi connectivity index (χ2v) is 8.06. The fourth-order valence-corrected chi connectivity index (χ4v) is 4.16. The van der Waals surface area contributed by atoms with E-state index >= 15 is 0 Å². The Kier molecular flexibility index (Phi) is 5.64. The number of carbonyl (C=O) groups is 1. The topological polar surface area (TPSA) is 67.2 Å². The highest BCUT2D eigenvalue weighted by Crippen LogP contribution is 2.34. The normalized spacial score (nSPS) is 19.4. The maximum atomic E-state index is 13.3. The molecular formula is C23H24F3N3O2. The highest BCUT2D eigenvalue weighted by molar-refractivity contribution is 5.95. The minimum absolute atomic E-state index is 0.0259. The summed E-state index contributed by atoms with van der Waals surface area (Å²) >= 11 is 0. The summed E-state index contributed by atoms with van der Waals surface area (Å²) in [5, 5.41) is 7.00. The molecule has 5 nitrogen and oxygen atoms in total. The molecule has 4 rings (SSSR count). The minimum atomic E-state index is -4.51. The summed E-state index contributed by atoms with van der Waals surface area (Å²) in [5.41, 5.74) is 0.391. The van der Waals surface area contributed by atoms with E-state index in [-0.39, 0.29) is 18.0 Å². The lowest BCUT2D eigenvalue weighted by Crippen LogP contribution is -2.40. The molecule has 0 radical (unpaired) electrons. The van der Waals surface area contributed by atoms with Crippen LogP contribution < -0.4 is 10.6 Å². The zero-order chi connectivity index (χ0) is 22.2. The molecule has 1 aromatic carbocycles. The van der Waals surface area contributed by atoms with Crippen LogP contribution in [-0.2, 0) is 6.18 Å². The Bertz CT molecular complexity index is 1100. The van der Waals surface area contributed by atoms with E-state index in [1.807, 2.05) is 0 Å². The second kappa shape index (κ2) is 8.24. The van der Waals surface area contributed by atoms with Gasteiger partial charge >= 0.3 is 6.18 Å². The summed E-state index contributed by atoms with van der Waals surface area (Å²) in [6.07, 6.45) is -1.53. The van der Waals surface area contributed by atoms with E-state index in [1.165, 1.54) is 0 Å². The number of anilines is 1. The van der Waals surface area contributed by atoms with Gasteiger partial charge in [0.1, 0.15) is 17.2 Å². The molecule has 2 N–H and O–H groups in total. The molecule has 0 atom stereocenters. The number of fused-ring (bicyclic) bond motifs is 1. The van der Waals surface area contributed by atoms with Crippen LogP contribution in [0.4, 0.5) is 18.9 Å². The molecule has 0 aliphatic heterocycles. The number of alkyl halides is 3. The first kappa shape index (κ1) is 21.2. The maximum Gasteiger partial charge on any atom is 0.433 e. The average molecular weight is 431 g/mol. The number of aryl methyl sites for hydroxylation is 2. The lowest BCUT2D eigenvalue weighted by atomic mass is 9.90. The number of benzene rings is 1. The Hall–Kier alpha value is -3.03. The number of furan rings is 1. The number of aromatic nitrogens is 1. The first-order chi connectivity index (χ1) is 14.7. The van der Waals surface area contributed by atoms with E-state index < -0.39 is 11.9 Å². The van der Waals surface area contributed by atoms with Gasteiger partial charge in [-0.05, 0) is 57.7 Å². The van der Waals surface area contributed by atoms with Crippen LogP contribution in [0.3, 0.4) is 0 Å². The molecule has 1 amide bonds. The SMILES string of the molecule is Cc1cc(C(=O)NC2CCC(Nc3cc(C(F)(F)F)nc4ccccc34)CC2)c(C)o1. The lowest BCUT2D eigenvalue weighted by Gasteiger charge is -2.30. The summed E-state index contributed by atoms with van der Waals surface area (Å²) in [6, 6.07) is 9.68. The van der Waals surface area contributed by atoms with Crippen molar-refractivity contribution in [1.82, 2.24) is 10.3 Å². The first-order valence-corrected chi connectivity index (χ1v) is 10.3. The van der Waals surface area contributed by atoms with Gasteiger partial charge in [-0.15, -0.1) is 0 Å². The molecule has 8 heteroatoms. The predicted molar refractivity (Wildman–Crippen MR) is 112 cm³/mol. The predicted octanol–water partition coefficient (Wildman–Crippen LogP) is 5.62. The van der Waals surface area contributed by atoms with Crippen LogP contribution in [0.2, 0.25) is 0 Å². The summed E-state index contributed by atoms with van der Waals surface area (Å²) in [5.74, 6) is 1.13. The van der Waals surface area contributed by atoms with Gasteiger partial charge in [0.25, 0.3) is 5.91 Å². The van der Waals surface area contributed by atoms with E-state index in [4.69, 9.17) is 4.42 Å². The van der Waals surface area contributed by atoms with Gasteiger partial charge in [0.15, 0.2) is 0 Å². The molecule has 3 aromatic rings. The fraction of sp³-hybridized carbons (Fsp3) is 0.391. The molecule has 0 spiro atoms. The van der Waals surface area contributed by atoms with Crippen molar-refractivity contribution in [3.05, 3.63) is 59.2 Å². The first-order valence-electron chi connectivity index (χ1n) is 10.3. The van der Waals surface area contributed by atoms with E-state index in [9.17, 15) is 18.0 Å². The van der Waals surface area contributed by atoms with Gasteiger partial charge < -0.3 is 15.1 Å². The van der Waals surface area contributed by atoms with E-state index in [0.717, 1.165) is 31.7 Å². The van der Waals surface area contributed by atoms with Gasteiger partial charge in [0, 0.05) is 23.2 Å². The highest BCUT2D eigenvalue weighted by Gasteiger charge is 2.34. The van der Waals surface area contributed by atoms with E-state index in [0.29, 0.717) is 33.7 Å². The van der Waals surface area contributed by atoms with Crippen LogP contribution in [0.15, 0.2) is 40.8 Å². The summed E-state index contributed by atoms with van der Waals surface area (Å²) in [6.45, 7) is 3.56. The zero-order valence-corrected chi connectivity index (χ0v) is 17.3. The largest absolute Gasteiger partial charge is 0.466 e. The van der Waals surface area contributed by atoms with Gasteiger partial charge in [0.05, 0.1) is 11.1 Å². The van der Waals surface area contributed by atoms with Crippen LogP contribution >= 0.6 is 0 Å². The third-order valence-electron chi connectivity index (χ3n) is 5.71. The molecule has 1 aliphatic carbocycles. The number of halogens is 3. The molecule has 164 valence electrons. The molecule has 31 heavy (non-hydrogen) atoms. The number of hydrogen-bond donors (Lipinski definition) is 2. The monoisotopic (exact) mass is 431 g/mol. The Morgan fingerprint density at radius 2 is 1.74 bits per heavy atom. The van der Waals surface area contributed by atoms with Crippen molar-refractivity contribution in [1.29, 1.82) is 0 Å². The van der Waals surface area contributed by atoms with Crippen LogP contribution in [0.25, 0.3) is 10.9 Å². The standard InChI is InChI=1S/C23H24F3N3O2/c1-13-11-18(14(2)31-13)22(30)28-16-9-7-15(8-10-16)27-20-12-21(23(24,25)26)29-19-6-4-3-5-17(19)20/h3-6,11-12,15-16H,7-10H2,1-2H3,(H,27,29)(H,28,30). The second-order valence-electron chi connectivity index (χ2n) is 8.06. The molecule has 1 fully saturated rings. The summed E-state index contributed by atoms with van der Waals surface area (Å²) in [4.78, 5) is 16.3. The van der Waals surface area contributed by atoms with Gasteiger partial charge in [-0.2, -0.15) is 13.2 Å². The zero-order valence-electron chi connectivity index (χ0n) is 17.3. The Morgan fingerprint density at radius 1 is 1.06 bits per heavy atom. The quantitative estimate of drug-likeness (QED) is 0.563. The maximum absolute atomic E-state index is 13.3. The van der Waals surface area contributed by atoms with Gasteiger partial charge in [-0.1, -0.05) is 18.2 Å². The Labute approximate surface area is 178 Å². The van der Waals surface area contributed by atoms with Gasteiger partial charge in [-0.3, -0.25) is 4.79 Å². The van der Waals surface area contributed by atoms with Crippen molar-refractivity contribution in [2.75, 3.05) is 5.32 Å². The van der Waals surface area contributed by atoms with Crippen LogP contribution in [0, 0.1) is 13.8 Å². The molecule has 0 unspecified atom stereocenters. The Balaban J connectivity index is 1.43. The number of amides is 1. The average Bonchev–Trinajstić information content (AvgIpc) is 3.07. The molecule has 0 bridgehead atoms. The number of rotatable bonds is 4. The number of para-hydroxylation sites is 1. The number of nitrogens with zero attached hydrogens (tertiary/aromatic N) is 1. The molecular weight excluding hydrogens is 407 g/mol. The number of carbonyl (C=O) groups excluding carboxylic acids is 1. The summed E-state index contributed by atoms with van der Waals surface area (Å²) in [7, 11) is 0. The van der Waals surface area contributed by atoms with Gasteiger partial charge in [0.2, 0.25) is 0 Å². The van der Waals surface area contributed by atoms with Crippen molar-refractivity contribution in [2.45, 2.75) is 57.8 Å². The van der Waals surface area contributed by atoms with Crippen molar-refractivity contribution in [2.24, 2.45) is 0 Å². The van der Waals surface area contributed by atoms with Gasteiger partial charge in [-0.25, -0.2) is 4.98 Å². The smallest absolute Gasteiger partial charge is 0.433 e. The minimum Gasteiger partial charge on any atom is -0.466 e. The fourth-order valence-electron chi connectivity index (χ4n) is 4.16. The number of pyridine rings is 1. The molecule has 0 saturated heterocycles. The molecule has 2 aromatic heterocycles. The van der Waals surface area contributed by atoms with Crippen LogP contribution in [0.5, 0.6) is 0 Å². The van der Waals surface area contributed by atoms with Crippen molar-refractivity contribution >= 4 is 22.5 Å². The summed E-state index contributed by atoms with van der Waals surface area (Å²) < 4.78 is 45.3. The number of hydrogen-bond acceptors (Lipinski definition) is 4. The van der Waals surface area contributed by atoms with Crippen LogP contribution in [-0.4, -0.2) is 23.0 Å². The third kappa shape index (κ3) is 4.68. The van der Waals surface area contributed by atoms with Crippen molar-refractivity contribution in [3.8, 4) is 0 Å². The van der Waals surface area contributed by atoms with Crippen molar-refractivity contribution < 1.29 is 22.4 Å².